The molecule has 17 nitrogen and oxygen atoms in total. The van der Waals surface area contributed by atoms with Crippen LogP contribution >= 0.6 is 15.6 Å². The van der Waals surface area contributed by atoms with Crippen molar-refractivity contribution in [2.75, 3.05) is 39.6 Å². The van der Waals surface area contributed by atoms with Crippen LogP contribution in [0.25, 0.3) is 0 Å². The summed E-state index contributed by atoms with van der Waals surface area (Å²) in [6.45, 7) is 11.9. The first-order chi connectivity index (χ1) is 49.2. The Labute approximate surface area is 626 Å². The average molecular weight is 1490 g/mol. The third-order valence-corrected chi connectivity index (χ3v) is 21.3. The number of carbonyl (C=O) groups is 4. The molecule has 0 aliphatic rings. The lowest BCUT2D eigenvalue weighted by Crippen LogP contribution is -2.30. The van der Waals surface area contributed by atoms with Crippen molar-refractivity contribution in [2.24, 2.45) is 17.8 Å². The van der Waals surface area contributed by atoms with Gasteiger partial charge in [0.2, 0.25) is 0 Å². The Morgan fingerprint density at radius 3 is 0.667 bits per heavy atom. The van der Waals surface area contributed by atoms with Crippen molar-refractivity contribution in [1.29, 1.82) is 0 Å². The summed E-state index contributed by atoms with van der Waals surface area (Å²) < 4.78 is 68.8. The summed E-state index contributed by atoms with van der Waals surface area (Å²) in [5.41, 5.74) is 0. The van der Waals surface area contributed by atoms with Crippen LogP contribution < -0.4 is 0 Å². The second-order valence-corrected chi connectivity index (χ2v) is 34.2. The predicted molar refractivity (Wildman–Crippen MR) is 418 cm³/mol. The van der Waals surface area contributed by atoms with E-state index in [1.165, 1.54) is 238 Å². The number of carbonyl (C=O) groups excluding carboxylic acids is 4. The minimum absolute atomic E-state index is 0.105. The highest BCUT2D eigenvalue weighted by molar-refractivity contribution is 7.47. The molecule has 0 saturated carbocycles. The van der Waals surface area contributed by atoms with Gasteiger partial charge in [-0.05, 0) is 43.4 Å². The van der Waals surface area contributed by atoms with Gasteiger partial charge < -0.3 is 33.8 Å². The van der Waals surface area contributed by atoms with E-state index >= 15 is 0 Å². The van der Waals surface area contributed by atoms with E-state index in [1.807, 2.05) is 0 Å². The monoisotopic (exact) mass is 1490 g/mol. The molecule has 2 unspecified atom stereocenters. The molecule has 5 atom stereocenters. The smallest absolute Gasteiger partial charge is 0.462 e. The van der Waals surface area contributed by atoms with Crippen LogP contribution in [0.3, 0.4) is 0 Å². The van der Waals surface area contributed by atoms with Gasteiger partial charge in [-0.2, -0.15) is 0 Å². The molecule has 0 saturated heterocycles. The van der Waals surface area contributed by atoms with Gasteiger partial charge in [0.15, 0.2) is 12.2 Å². The summed E-state index contributed by atoms with van der Waals surface area (Å²) in [4.78, 5) is 73.1. The van der Waals surface area contributed by atoms with Crippen molar-refractivity contribution in [3.05, 3.63) is 0 Å². The highest BCUT2D eigenvalue weighted by atomic mass is 31.2. The van der Waals surface area contributed by atoms with E-state index in [0.29, 0.717) is 31.6 Å². The first-order valence-corrected chi connectivity index (χ1v) is 45.8. The molecular weight excluding hydrogens is 1330 g/mol. The lowest BCUT2D eigenvalue weighted by Gasteiger charge is -2.21. The number of aliphatic hydroxyl groups is 1. The Bertz CT molecular complexity index is 1970. The van der Waals surface area contributed by atoms with Crippen molar-refractivity contribution in [3.8, 4) is 0 Å². The Morgan fingerprint density at radius 1 is 0.265 bits per heavy atom. The molecular formula is C83H162O17P2. The Morgan fingerprint density at radius 2 is 0.451 bits per heavy atom. The highest BCUT2D eigenvalue weighted by Gasteiger charge is 2.30. The van der Waals surface area contributed by atoms with Crippen molar-refractivity contribution >= 4 is 39.5 Å². The van der Waals surface area contributed by atoms with Crippen LogP contribution in [-0.4, -0.2) is 96.7 Å². The maximum absolute atomic E-state index is 13.1. The lowest BCUT2D eigenvalue weighted by atomic mass is 10.0. The molecule has 0 fully saturated rings. The summed E-state index contributed by atoms with van der Waals surface area (Å²) in [6.07, 6.45) is 62.7. The maximum Gasteiger partial charge on any atom is 0.472 e. The van der Waals surface area contributed by atoms with Crippen LogP contribution in [0, 0.1) is 17.8 Å². The topological polar surface area (TPSA) is 237 Å². The van der Waals surface area contributed by atoms with Crippen LogP contribution in [0.2, 0.25) is 0 Å². The maximum atomic E-state index is 13.1. The highest BCUT2D eigenvalue weighted by Crippen LogP contribution is 2.45. The van der Waals surface area contributed by atoms with E-state index < -0.39 is 97.5 Å². The fraction of sp³-hybridized carbons (Fsp3) is 0.952. The fourth-order valence-corrected chi connectivity index (χ4v) is 14.4. The zero-order valence-corrected chi connectivity index (χ0v) is 68.9. The summed E-state index contributed by atoms with van der Waals surface area (Å²) in [5.74, 6) is 0.152. The number of esters is 4. The molecule has 0 amide bonds. The Kier molecular flexibility index (Phi) is 71.8. The van der Waals surface area contributed by atoms with Crippen molar-refractivity contribution in [1.82, 2.24) is 0 Å². The van der Waals surface area contributed by atoms with E-state index in [2.05, 4.69) is 48.5 Å². The Hall–Kier alpha value is -1.94. The molecule has 0 heterocycles. The van der Waals surface area contributed by atoms with Crippen LogP contribution in [0.15, 0.2) is 0 Å². The minimum Gasteiger partial charge on any atom is -0.462 e. The van der Waals surface area contributed by atoms with E-state index in [-0.39, 0.29) is 25.7 Å². The van der Waals surface area contributed by atoms with Gasteiger partial charge in [0.25, 0.3) is 0 Å². The number of aliphatic hydroxyl groups excluding tert-OH is 1. The SMILES string of the molecule is CCCCCCCCCCCCCCCCCCCCCCCC(=O)O[C@H](COC(=O)CCCCCCCCCCCCCCCCCC(C)C)COP(=O)(O)OC[C@@H](O)COP(=O)(O)OC[C@@H](COC(=O)CCCCCCCCCC(C)C)OC(=O)CCCCCCCCCCCCC(C)C. The number of hydrogen-bond acceptors (Lipinski definition) is 15. The molecule has 0 aromatic heterocycles. The van der Waals surface area contributed by atoms with Gasteiger partial charge in [-0.1, -0.05) is 382 Å². The molecule has 3 N–H and O–H groups in total. The van der Waals surface area contributed by atoms with E-state index in [1.54, 1.807) is 0 Å². The van der Waals surface area contributed by atoms with Crippen molar-refractivity contribution < 1.29 is 80.2 Å². The molecule has 0 spiro atoms. The lowest BCUT2D eigenvalue weighted by molar-refractivity contribution is -0.161. The normalized spacial score (nSPS) is 13.9. The van der Waals surface area contributed by atoms with Gasteiger partial charge in [0.05, 0.1) is 26.4 Å². The van der Waals surface area contributed by atoms with Crippen molar-refractivity contribution in [3.63, 3.8) is 0 Å². The molecule has 0 aliphatic heterocycles. The first kappa shape index (κ1) is 100. The molecule has 0 rings (SSSR count). The summed E-state index contributed by atoms with van der Waals surface area (Å²) in [7, 11) is -9.92. The zero-order chi connectivity index (χ0) is 75.1. The zero-order valence-electron chi connectivity index (χ0n) is 67.1. The van der Waals surface area contributed by atoms with Crippen LogP contribution in [0.4, 0.5) is 0 Å². The molecule has 606 valence electrons. The molecule has 0 aromatic carbocycles. The second-order valence-electron chi connectivity index (χ2n) is 31.3. The van der Waals surface area contributed by atoms with Gasteiger partial charge in [0.1, 0.15) is 19.3 Å². The standard InChI is InChI=1S/C83H162O17P2/c1-8-9-10-11-12-13-14-15-16-17-18-19-20-21-24-28-31-37-44-52-59-66-82(87)99-78(70-93-80(85)64-57-50-43-36-30-27-25-22-23-26-29-34-40-47-54-61-74(2)3)72-97-101(89,90)95-68-77(84)69-96-102(91,92)98-73-79(71-94-81(86)65-58-51-46-39-42-49-56-63-76(6)7)100-83(88)67-60-53-45-38-33-32-35-41-48-55-62-75(4)5/h74-79,84H,8-73H2,1-7H3,(H,89,90)(H,91,92)/t77-,78-,79-/m1/s1. The molecule has 0 radical (unpaired) electrons. The number of ether oxygens (including phenoxy) is 4. The summed E-state index contributed by atoms with van der Waals surface area (Å²) >= 11 is 0. The van der Waals surface area contributed by atoms with E-state index in [0.717, 1.165) is 108 Å². The van der Waals surface area contributed by atoms with Gasteiger partial charge in [0, 0.05) is 25.7 Å². The largest absolute Gasteiger partial charge is 0.472 e. The number of unbranched alkanes of at least 4 members (excludes halogenated alkanes) is 49. The second kappa shape index (κ2) is 73.2. The number of phosphoric ester groups is 2. The van der Waals surface area contributed by atoms with E-state index in [4.69, 9.17) is 37.0 Å². The van der Waals surface area contributed by atoms with Crippen LogP contribution in [0.5, 0.6) is 0 Å². The minimum atomic E-state index is -4.96. The molecule has 19 heteroatoms. The van der Waals surface area contributed by atoms with Gasteiger partial charge >= 0.3 is 39.5 Å². The quantitative estimate of drug-likeness (QED) is 0.0222. The predicted octanol–water partition coefficient (Wildman–Crippen LogP) is 24.9. The third kappa shape index (κ3) is 76.3. The average Bonchev–Trinajstić information content (AvgIpc) is 0.913. The van der Waals surface area contributed by atoms with Gasteiger partial charge in [-0.25, -0.2) is 9.13 Å². The summed E-state index contributed by atoms with van der Waals surface area (Å²) in [5, 5.41) is 10.6. The summed E-state index contributed by atoms with van der Waals surface area (Å²) in [6, 6.07) is 0. The molecule has 0 bridgehead atoms. The molecule has 0 aromatic rings. The third-order valence-electron chi connectivity index (χ3n) is 19.4. The van der Waals surface area contributed by atoms with E-state index in [9.17, 15) is 43.2 Å². The van der Waals surface area contributed by atoms with Crippen LogP contribution in [0.1, 0.15) is 434 Å². The first-order valence-electron chi connectivity index (χ1n) is 42.8. The molecule has 0 aliphatic carbocycles. The Balaban J connectivity index is 5.22. The fourth-order valence-electron chi connectivity index (χ4n) is 12.8. The van der Waals surface area contributed by atoms with Gasteiger partial charge in [-0.3, -0.25) is 37.3 Å². The van der Waals surface area contributed by atoms with Crippen LogP contribution in [-0.2, 0) is 65.4 Å². The number of phosphoric acid groups is 2. The number of hydrogen-bond donors (Lipinski definition) is 3. The number of rotatable bonds is 81. The van der Waals surface area contributed by atoms with Gasteiger partial charge in [-0.15, -0.1) is 0 Å². The van der Waals surface area contributed by atoms with Crippen molar-refractivity contribution in [2.45, 2.75) is 452 Å². The molecule has 102 heavy (non-hydrogen) atoms.